The summed E-state index contributed by atoms with van der Waals surface area (Å²) in [6.45, 7) is 0. The Morgan fingerprint density at radius 3 is 2.75 bits per heavy atom. The van der Waals surface area contributed by atoms with Crippen LogP contribution in [0.15, 0.2) is 51.6 Å². The molecule has 2 aromatic heterocycles. The van der Waals surface area contributed by atoms with E-state index in [1.807, 2.05) is 30.3 Å². The first-order chi connectivity index (χ1) is 9.66. The van der Waals surface area contributed by atoms with Crippen molar-refractivity contribution in [3.8, 4) is 22.6 Å². The summed E-state index contributed by atoms with van der Waals surface area (Å²) in [6.07, 6.45) is 1.69. The highest BCUT2D eigenvalue weighted by atomic mass is 79.9. The minimum absolute atomic E-state index is 0.290. The highest BCUT2D eigenvalue weighted by Crippen LogP contribution is 2.39. The molecule has 0 aliphatic carbocycles. The van der Waals surface area contributed by atoms with Crippen molar-refractivity contribution in [2.75, 3.05) is 5.73 Å². The maximum absolute atomic E-state index is 6.25. The van der Waals surface area contributed by atoms with E-state index in [0.29, 0.717) is 22.0 Å². The Balaban J connectivity index is 2.21. The lowest BCUT2D eigenvalue weighted by molar-refractivity contribution is 0.436. The fourth-order valence-corrected chi connectivity index (χ4v) is 2.68. The summed E-state index contributed by atoms with van der Waals surface area (Å²) in [4.78, 5) is 4.28. The third kappa shape index (κ3) is 2.30. The van der Waals surface area contributed by atoms with Gasteiger partial charge in [0.05, 0.1) is 16.3 Å². The van der Waals surface area contributed by atoms with Crippen LogP contribution in [0.3, 0.4) is 0 Å². The Kier molecular flexibility index (Phi) is 3.46. The number of aromatic nitrogens is 2. The Morgan fingerprint density at radius 1 is 1.20 bits per heavy atom. The van der Waals surface area contributed by atoms with E-state index in [-0.39, 0.29) is 5.82 Å². The van der Waals surface area contributed by atoms with Crippen molar-refractivity contribution >= 4 is 33.3 Å². The van der Waals surface area contributed by atoms with Gasteiger partial charge in [-0.05, 0) is 30.3 Å². The van der Waals surface area contributed by atoms with E-state index in [0.717, 1.165) is 10.0 Å². The standard InChI is InChI=1S/C14H9BrClN3O/c15-8-4-5-9(10(16)7-8)13-12(14(17)19-20-13)11-3-1-2-6-18-11/h1-7H,(H2,17,19). The van der Waals surface area contributed by atoms with E-state index in [2.05, 4.69) is 26.1 Å². The monoisotopic (exact) mass is 349 g/mol. The van der Waals surface area contributed by atoms with Crippen molar-refractivity contribution in [3.63, 3.8) is 0 Å². The molecule has 20 heavy (non-hydrogen) atoms. The zero-order chi connectivity index (χ0) is 14.1. The molecule has 0 saturated heterocycles. The molecule has 2 heterocycles. The highest BCUT2D eigenvalue weighted by molar-refractivity contribution is 9.10. The van der Waals surface area contributed by atoms with E-state index < -0.39 is 0 Å². The molecule has 0 unspecified atom stereocenters. The first kappa shape index (κ1) is 13.1. The highest BCUT2D eigenvalue weighted by Gasteiger charge is 2.20. The zero-order valence-electron chi connectivity index (χ0n) is 10.2. The molecular formula is C14H9BrClN3O. The van der Waals surface area contributed by atoms with Crippen LogP contribution in [0.1, 0.15) is 0 Å². The van der Waals surface area contributed by atoms with Gasteiger partial charge in [-0.25, -0.2) is 0 Å². The molecule has 3 aromatic rings. The summed E-state index contributed by atoms with van der Waals surface area (Å²) >= 11 is 9.62. The molecule has 3 rings (SSSR count). The second kappa shape index (κ2) is 5.26. The molecule has 0 amide bonds. The molecule has 0 aliphatic rings. The number of pyridine rings is 1. The van der Waals surface area contributed by atoms with Gasteiger partial charge in [0, 0.05) is 16.2 Å². The topological polar surface area (TPSA) is 64.9 Å². The van der Waals surface area contributed by atoms with Crippen molar-refractivity contribution in [1.29, 1.82) is 0 Å². The summed E-state index contributed by atoms with van der Waals surface area (Å²) in [7, 11) is 0. The Bertz CT molecular complexity index is 758. The third-order valence-corrected chi connectivity index (χ3v) is 3.62. The van der Waals surface area contributed by atoms with Gasteiger partial charge < -0.3 is 10.3 Å². The molecular weight excluding hydrogens is 342 g/mol. The van der Waals surface area contributed by atoms with E-state index in [1.54, 1.807) is 12.3 Å². The molecule has 0 fully saturated rings. The van der Waals surface area contributed by atoms with E-state index >= 15 is 0 Å². The van der Waals surface area contributed by atoms with Gasteiger partial charge in [0.1, 0.15) is 0 Å². The molecule has 4 nitrogen and oxygen atoms in total. The van der Waals surface area contributed by atoms with Gasteiger partial charge in [0.2, 0.25) is 0 Å². The molecule has 2 N–H and O–H groups in total. The smallest absolute Gasteiger partial charge is 0.180 e. The van der Waals surface area contributed by atoms with Crippen LogP contribution in [0.4, 0.5) is 5.82 Å². The number of nitrogen functional groups attached to an aromatic ring is 1. The molecule has 0 aliphatic heterocycles. The Hall–Kier alpha value is -1.85. The Morgan fingerprint density at radius 2 is 2.05 bits per heavy atom. The minimum Gasteiger partial charge on any atom is -0.380 e. The molecule has 100 valence electrons. The quantitative estimate of drug-likeness (QED) is 0.744. The predicted molar refractivity (Wildman–Crippen MR) is 82.3 cm³/mol. The molecule has 1 aromatic carbocycles. The lowest BCUT2D eigenvalue weighted by Crippen LogP contribution is -1.91. The summed E-state index contributed by atoms with van der Waals surface area (Å²) in [5.74, 6) is 0.802. The lowest BCUT2D eigenvalue weighted by Gasteiger charge is -2.04. The van der Waals surface area contributed by atoms with Gasteiger partial charge in [-0.3, -0.25) is 4.98 Å². The number of nitrogens with two attached hydrogens (primary N) is 1. The average molecular weight is 351 g/mol. The van der Waals surface area contributed by atoms with Crippen LogP contribution in [0.5, 0.6) is 0 Å². The fourth-order valence-electron chi connectivity index (χ4n) is 1.92. The second-order valence-electron chi connectivity index (χ2n) is 4.11. The number of rotatable bonds is 2. The van der Waals surface area contributed by atoms with Crippen molar-refractivity contribution in [3.05, 3.63) is 52.1 Å². The number of benzene rings is 1. The number of nitrogens with zero attached hydrogens (tertiary/aromatic N) is 2. The maximum Gasteiger partial charge on any atom is 0.180 e. The molecule has 0 spiro atoms. The lowest BCUT2D eigenvalue weighted by atomic mass is 10.1. The van der Waals surface area contributed by atoms with Crippen LogP contribution in [0, 0.1) is 0 Å². The second-order valence-corrected chi connectivity index (χ2v) is 5.43. The first-order valence-corrected chi connectivity index (χ1v) is 6.96. The molecule has 0 atom stereocenters. The van der Waals surface area contributed by atoms with Gasteiger partial charge in [0.25, 0.3) is 0 Å². The van der Waals surface area contributed by atoms with E-state index in [1.165, 1.54) is 0 Å². The minimum atomic E-state index is 0.290. The normalized spacial score (nSPS) is 10.7. The first-order valence-electron chi connectivity index (χ1n) is 5.79. The van der Waals surface area contributed by atoms with Crippen LogP contribution >= 0.6 is 27.5 Å². The van der Waals surface area contributed by atoms with Crippen molar-refractivity contribution in [2.45, 2.75) is 0 Å². The van der Waals surface area contributed by atoms with Crippen molar-refractivity contribution in [1.82, 2.24) is 10.1 Å². The summed E-state index contributed by atoms with van der Waals surface area (Å²) in [5, 5.41) is 4.37. The molecule has 0 bridgehead atoms. The van der Waals surface area contributed by atoms with Crippen LogP contribution in [0.2, 0.25) is 5.02 Å². The summed E-state index contributed by atoms with van der Waals surface area (Å²) in [6, 6.07) is 11.1. The van der Waals surface area contributed by atoms with Crippen molar-refractivity contribution < 1.29 is 4.52 Å². The largest absolute Gasteiger partial charge is 0.380 e. The predicted octanol–water partition coefficient (Wildman–Crippen LogP) is 4.40. The van der Waals surface area contributed by atoms with Crippen LogP contribution < -0.4 is 5.73 Å². The SMILES string of the molecule is Nc1noc(-c2ccc(Br)cc2Cl)c1-c1ccccn1. The number of hydrogen-bond acceptors (Lipinski definition) is 4. The summed E-state index contributed by atoms with van der Waals surface area (Å²) < 4.78 is 6.23. The summed E-state index contributed by atoms with van der Waals surface area (Å²) in [5.41, 5.74) is 7.96. The van der Waals surface area contributed by atoms with Crippen LogP contribution in [-0.2, 0) is 0 Å². The molecule has 6 heteroatoms. The molecule has 0 saturated carbocycles. The fraction of sp³-hybridized carbons (Fsp3) is 0. The van der Waals surface area contributed by atoms with Crippen LogP contribution in [0.25, 0.3) is 22.6 Å². The average Bonchev–Trinajstić information content (AvgIpc) is 2.81. The Labute approximate surface area is 128 Å². The zero-order valence-corrected chi connectivity index (χ0v) is 12.5. The van der Waals surface area contributed by atoms with Gasteiger partial charge in [-0.2, -0.15) is 0 Å². The number of hydrogen-bond donors (Lipinski definition) is 1. The van der Waals surface area contributed by atoms with Crippen molar-refractivity contribution in [2.24, 2.45) is 0 Å². The van der Waals surface area contributed by atoms with Gasteiger partial charge >= 0.3 is 0 Å². The maximum atomic E-state index is 6.25. The van der Waals surface area contributed by atoms with Crippen LogP contribution in [-0.4, -0.2) is 10.1 Å². The van der Waals surface area contributed by atoms with Gasteiger partial charge in [0.15, 0.2) is 11.6 Å². The van der Waals surface area contributed by atoms with E-state index in [4.69, 9.17) is 21.9 Å². The van der Waals surface area contributed by atoms with Gasteiger partial charge in [-0.1, -0.05) is 38.8 Å². The number of anilines is 1. The number of halogens is 2. The van der Waals surface area contributed by atoms with Gasteiger partial charge in [-0.15, -0.1) is 0 Å². The third-order valence-electron chi connectivity index (χ3n) is 2.82. The molecule has 0 radical (unpaired) electrons. The van der Waals surface area contributed by atoms with E-state index in [9.17, 15) is 0 Å².